The van der Waals surface area contributed by atoms with Crippen LogP contribution in [0.2, 0.25) is 18.1 Å². The third-order valence-corrected chi connectivity index (χ3v) is 10.9. The molecule has 0 aromatic heterocycles. The molecule has 1 aliphatic rings. The lowest BCUT2D eigenvalue weighted by atomic mass is 9.81. The second-order valence-corrected chi connectivity index (χ2v) is 12.6. The van der Waals surface area contributed by atoms with Crippen molar-refractivity contribution in [3.8, 4) is 0 Å². The van der Waals surface area contributed by atoms with Crippen LogP contribution in [0.1, 0.15) is 98.3 Å². The van der Waals surface area contributed by atoms with Crippen LogP contribution in [0.25, 0.3) is 0 Å². The van der Waals surface area contributed by atoms with Crippen molar-refractivity contribution in [2.45, 2.75) is 122 Å². The van der Waals surface area contributed by atoms with Crippen LogP contribution < -0.4 is 0 Å². The standard InChI is InChI=1S/C22H42O2Si/c1-5-9-10-11-12-13-15-18-21(23)22(19-16-14-17-20-22)24-25(6-2,7-3)8-4/h15,18H,5-14,16-17,19-20H2,1-4H3/b18-15+. The quantitative estimate of drug-likeness (QED) is 0.196. The molecule has 146 valence electrons. The predicted molar refractivity (Wildman–Crippen MR) is 112 cm³/mol. The summed E-state index contributed by atoms with van der Waals surface area (Å²) in [6, 6.07) is 3.36. The van der Waals surface area contributed by atoms with Crippen molar-refractivity contribution < 1.29 is 9.22 Å². The van der Waals surface area contributed by atoms with E-state index in [2.05, 4.69) is 33.8 Å². The molecule has 0 radical (unpaired) electrons. The van der Waals surface area contributed by atoms with E-state index in [0.29, 0.717) is 0 Å². The first-order chi connectivity index (χ1) is 12.1. The Morgan fingerprint density at radius 1 is 0.920 bits per heavy atom. The van der Waals surface area contributed by atoms with Crippen LogP contribution in [-0.4, -0.2) is 19.7 Å². The summed E-state index contributed by atoms with van der Waals surface area (Å²) in [6.07, 6.45) is 16.8. The van der Waals surface area contributed by atoms with Crippen molar-refractivity contribution in [1.82, 2.24) is 0 Å². The first-order valence-corrected chi connectivity index (χ1v) is 13.5. The largest absolute Gasteiger partial charge is 0.404 e. The summed E-state index contributed by atoms with van der Waals surface area (Å²) in [7, 11) is -1.76. The number of ketones is 1. The Kier molecular flexibility index (Phi) is 10.9. The molecule has 0 heterocycles. The van der Waals surface area contributed by atoms with E-state index in [4.69, 9.17) is 4.43 Å². The Labute approximate surface area is 157 Å². The summed E-state index contributed by atoms with van der Waals surface area (Å²) in [6.45, 7) is 9.01. The maximum absolute atomic E-state index is 13.1. The summed E-state index contributed by atoms with van der Waals surface area (Å²) in [5.74, 6) is 0.257. The van der Waals surface area contributed by atoms with E-state index in [0.717, 1.165) is 50.2 Å². The average Bonchev–Trinajstić information content (AvgIpc) is 2.66. The third-order valence-electron chi connectivity index (χ3n) is 6.20. The van der Waals surface area contributed by atoms with Crippen molar-refractivity contribution in [2.75, 3.05) is 0 Å². The molecule has 1 rings (SSSR count). The molecular formula is C22H42O2Si. The maximum Gasteiger partial charge on any atom is 0.193 e. The summed E-state index contributed by atoms with van der Waals surface area (Å²) >= 11 is 0. The van der Waals surface area contributed by atoms with Crippen LogP contribution in [0, 0.1) is 0 Å². The minimum atomic E-state index is -1.76. The first-order valence-electron chi connectivity index (χ1n) is 11.0. The minimum absolute atomic E-state index is 0.257. The third kappa shape index (κ3) is 7.01. The maximum atomic E-state index is 13.1. The van der Waals surface area contributed by atoms with E-state index in [1.54, 1.807) is 0 Å². The number of carbonyl (C=O) groups is 1. The molecule has 0 amide bonds. The van der Waals surface area contributed by atoms with Crippen LogP contribution in [0.15, 0.2) is 12.2 Å². The lowest BCUT2D eigenvalue weighted by molar-refractivity contribution is -0.133. The van der Waals surface area contributed by atoms with Crippen LogP contribution in [-0.2, 0) is 9.22 Å². The number of hydrogen-bond acceptors (Lipinski definition) is 2. The summed E-state index contributed by atoms with van der Waals surface area (Å²) in [5.41, 5.74) is -0.495. The SMILES string of the molecule is CCCCCCC/C=C/C(=O)C1(O[Si](CC)(CC)CC)CCCCC1. The molecule has 2 nitrogen and oxygen atoms in total. The second kappa shape index (κ2) is 12.1. The van der Waals surface area contributed by atoms with Crippen LogP contribution in [0.3, 0.4) is 0 Å². The molecular weight excluding hydrogens is 324 g/mol. The van der Waals surface area contributed by atoms with Gasteiger partial charge in [-0.25, -0.2) is 0 Å². The van der Waals surface area contributed by atoms with Gasteiger partial charge in [0.1, 0.15) is 5.60 Å². The Bertz CT molecular complexity index is 385. The van der Waals surface area contributed by atoms with Gasteiger partial charge in [-0.05, 0) is 49.9 Å². The van der Waals surface area contributed by atoms with Gasteiger partial charge < -0.3 is 4.43 Å². The zero-order chi connectivity index (χ0) is 18.6. The summed E-state index contributed by atoms with van der Waals surface area (Å²) < 4.78 is 6.82. The fourth-order valence-electron chi connectivity index (χ4n) is 4.11. The summed E-state index contributed by atoms with van der Waals surface area (Å²) in [5, 5.41) is 0. The highest BCUT2D eigenvalue weighted by Crippen LogP contribution is 2.38. The van der Waals surface area contributed by atoms with Gasteiger partial charge in [0.05, 0.1) is 0 Å². The number of unbranched alkanes of at least 4 members (excludes halogenated alkanes) is 5. The normalized spacial score (nSPS) is 17.9. The lowest BCUT2D eigenvalue weighted by Crippen LogP contribution is -2.52. The predicted octanol–water partition coefficient (Wildman–Crippen LogP) is 7.20. The molecule has 0 spiro atoms. The Hall–Kier alpha value is -0.413. The molecule has 0 saturated heterocycles. The molecule has 0 atom stereocenters. The van der Waals surface area contributed by atoms with E-state index in [9.17, 15) is 4.79 Å². The second-order valence-electron chi connectivity index (χ2n) is 7.87. The van der Waals surface area contributed by atoms with Gasteiger partial charge in [0.15, 0.2) is 14.1 Å². The molecule has 25 heavy (non-hydrogen) atoms. The fraction of sp³-hybridized carbons (Fsp3) is 0.864. The van der Waals surface area contributed by atoms with Gasteiger partial charge in [0, 0.05) is 0 Å². The molecule has 3 heteroatoms. The van der Waals surface area contributed by atoms with Gasteiger partial charge in [0.2, 0.25) is 0 Å². The van der Waals surface area contributed by atoms with Crippen molar-refractivity contribution in [2.24, 2.45) is 0 Å². The lowest BCUT2D eigenvalue weighted by Gasteiger charge is -2.43. The van der Waals surface area contributed by atoms with Gasteiger partial charge in [0.25, 0.3) is 0 Å². The zero-order valence-corrected chi connectivity index (χ0v) is 18.4. The highest BCUT2D eigenvalue weighted by Gasteiger charge is 2.45. The summed E-state index contributed by atoms with van der Waals surface area (Å²) in [4.78, 5) is 13.1. The molecule has 0 aromatic carbocycles. The Morgan fingerprint density at radius 2 is 1.52 bits per heavy atom. The van der Waals surface area contributed by atoms with E-state index >= 15 is 0 Å². The van der Waals surface area contributed by atoms with Gasteiger partial charge in [-0.3, -0.25) is 4.79 Å². The smallest absolute Gasteiger partial charge is 0.193 e. The Morgan fingerprint density at radius 3 is 2.08 bits per heavy atom. The zero-order valence-electron chi connectivity index (χ0n) is 17.4. The first kappa shape index (κ1) is 22.6. The van der Waals surface area contributed by atoms with Gasteiger partial charge >= 0.3 is 0 Å². The molecule has 0 bridgehead atoms. The van der Waals surface area contributed by atoms with Gasteiger partial charge in [-0.15, -0.1) is 0 Å². The highest BCUT2D eigenvalue weighted by atomic mass is 28.4. The van der Waals surface area contributed by atoms with Crippen molar-refractivity contribution >= 4 is 14.1 Å². The van der Waals surface area contributed by atoms with E-state index in [-0.39, 0.29) is 5.78 Å². The van der Waals surface area contributed by atoms with E-state index in [1.165, 1.54) is 38.5 Å². The number of hydrogen-bond donors (Lipinski definition) is 0. The minimum Gasteiger partial charge on any atom is -0.404 e. The van der Waals surface area contributed by atoms with Gasteiger partial charge in [-0.1, -0.05) is 78.7 Å². The van der Waals surface area contributed by atoms with Crippen molar-refractivity contribution in [1.29, 1.82) is 0 Å². The molecule has 0 N–H and O–H groups in total. The molecule has 1 saturated carbocycles. The van der Waals surface area contributed by atoms with E-state index < -0.39 is 13.9 Å². The molecule has 1 aliphatic carbocycles. The Balaban J connectivity index is 2.68. The number of rotatable bonds is 13. The topological polar surface area (TPSA) is 26.3 Å². The fourth-order valence-corrected chi connectivity index (χ4v) is 7.18. The van der Waals surface area contributed by atoms with Crippen molar-refractivity contribution in [3.05, 3.63) is 12.2 Å². The van der Waals surface area contributed by atoms with Gasteiger partial charge in [-0.2, -0.15) is 0 Å². The monoisotopic (exact) mass is 366 g/mol. The molecule has 1 fully saturated rings. The number of carbonyl (C=O) groups excluding carboxylic acids is 1. The van der Waals surface area contributed by atoms with Crippen LogP contribution in [0.4, 0.5) is 0 Å². The molecule has 0 aliphatic heterocycles. The van der Waals surface area contributed by atoms with E-state index in [1.807, 2.05) is 6.08 Å². The molecule has 0 unspecified atom stereocenters. The number of allylic oxidation sites excluding steroid dienone is 1. The van der Waals surface area contributed by atoms with Crippen molar-refractivity contribution in [3.63, 3.8) is 0 Å². The average molecular weight is 367 g/mol. The molecule has 0 aromatic rings. The van der Waals surface area contributed by atoms with Crippen LogP contribution in [0.5, 0.6) is 0 Å². The van der Waals surface area contributed by atoms with Crippen LogP contribution >= 0.6 is 0 Å². The highest BCUT2D eigenvalue weighted by molar-refractivity contribution is 6.73.